The van der Waals surface area contributed by atoms with E-state index in [1.807, 2.05) is 0 Å². The third-order valence-electron chi connectivity index (χ3n) is 2.52. The predicted molar refractivity (Wildman–Crippen MR) is 52.6 cm³/mol. The van der Waals surface area contributed by atoms with Gasteiger partial charge < -0.3 is 0 Å². The van der Waals surface area contributed by atoms with Crippen molar-refractivity contribution in [2.75, 3.05) is 6.26 Å². The molecule has 1 rings (SSSR count). The Kier molecular flexibility index (Phi) is 3.69. The summed E-state index contributed by atoms with van der Waals surface area (Å²) >= 11 is 0. The molecule has 1 aliphatic rings. The summed E-state index contributed by atoms with van der Waals surface area (Å²) in [6, 6.07) is 0. The summed E-state index contributed by atoms with van der Waals surface area (Å²) in [4.78, 5) is 0. The molecule has 0 radical (unpaired) electrons. The normalized spacial score (nSPS) is 28.1. The Morgan fingerprint density at radius 2 is 2.00 bits per heavy atom. The van der Waals surface area contributed by atoms with Gasteiger partial charge in [-0.3, -0.25) is 4.74 Å². The molecule has 7 heteroatoms. The highest BCUT2D eigenvalue weighted by atomic mass is 32.2. The molecule has 2 atom stereocenters. The number of hydrogen-bond acceptors (Lipinski definition) is 3. The second-order valence-corrected chi connectivity index (χ2v) is 6.23. The summed E-state index contributed by atoms with van der Waals surface area (Å²) in [7, 11) is -3.57. The quantitative estimate of drug-likeness (QED) is 0.712. The Hall–Kier alpha value is -0.560. The van der Waals surface area contributed by atoms with E-state index in [2.05, 4.69) is 11.3 Å². The first kappa shape index (κ1) is 13.5. The van der Waals surface area contributed by atoms with Crippen LogP contribution in [0.5, 0.6) is 0 Å². The van der Waals surface area contributed by atoms with Crippen molar-refractivity contribution >= 4 is 9.84 Å². The fourth-order valence-corrected chi connectivity index (χ4v) is 3.07. The average molecular weight is 258 g/mol. The van der Waals surface area contributed by atoms with Gasteiger partial charge in [-0.1, -0.05) is 12.2 Å². The number of rotatable bonds is 2. The van der Waals surface area contributed by atoms with Crippen molar-refractivity contribution < 1.29 is 26.3 Å². The molecule has 1 fully saturated rings. The maximum absolute atomic E-state index is 12.1. The molecule has 3 nitrogen and oxygen atoms in total. The van der Waals surface area contributed by atoms with Crippen molar-refractivity contribution in [3.8, 4) is 0 Å². The van der Waals surface area contributed by atoms with Crippen molar-refractivity contribution in [3.63, 3.8) is 0 Å². The van der Waals surface area contributed by atoms with Crippen LogP contribution in [0.15, 0.2) is 12.2 Å². The zero-order valence-corrected chi connectivity index (χ0v) is 9.57. The Labute approximate surface area is 92.2 Å². The van der Waals surface area contributed by atoms with Gasteiger partial charge in [-0.2, -0.15) is 0 Å². The maximum atomic E-state index is 12.1. The first-order valence-electron chi connectivity index (χ1n) is 4.69. The van der Waals surface area contributed by atoms with Crippen LogP contribution < -0.4 is 0 Å². The van der Waals surface area contributed by atoms with Gasteiger partial charge in [-0.15, -0.1) is 13.2 Å². The molecule has 94 valence electrons. The summed E-state index contributed by atoms with van der Waals surface area (Å²) in [5.41, 5.74) is 0.650. The number of allylic oxidation sites excluding steroid dienone is 1. The van der Waals surface area contributed by atoms with E-state index < -0.39 is 27.6 Å². The van der Waals surface area contributed by atoms with Crippen molar-refractivity contribution in [2.24, 2.45) is 0 Å². The number of halogens is 3. The lowest BCUT2D eigenvalue weighted by molar-refractivity contribution is -0.343. The highest BCUT2D eigenvalue weighted by Gasteiger charge is 2.42. The summed E-state index contributed by atoms with van der Waals surface area (Å²) in [5.74, 6) is 0. The maximum Gasteiger partial charge on any atom is 0.522 e. The van der Waals surface area contributed by atoms with Gasteiger partial charge in [-0.25, -0.2) is 8.42 Å². The topological polar surface area (TPSA) is 43.4 Å². The minimum atomic E-state index is -4.80. The molecule has 0 N–H and O–H groups in total. The Bertz CT molecular complexity index is 372. The second kappa shape index (κ2) is 4.37. The van der Waals surface area contributed by atoms with Crippen molar-refractivity contribution in [1.29, 1.82) is 0 Å². The summed E-state index contributed by atoms with van der Waals surface area (Å²) < 4.78 is 62.7. The van der Waals surface area contributed by atoms with Crippen LogP contribution in [0.25, 0.3) is 0 Å². The largest absolute Gasteiger partial charge is 0.522 e. The Morgan fingerprint density at radius 1 is 1.44 bits per heavy atom. The smallest absolute Gasteiger partial charge is 0.287 e. The molecule has 0 saturated heterocycles. The number of ether oxygens (including phenoxy) is 1. The van der Waals surface area contributed by atoms with E-state index in [4.69, 9.17) is 0 Å². The van der Waals surface area contributed by atoms with Crippen LogP contribution in [0.4, 0.5) is 13.2 Å². The Balaban J connectivity index is 2.85. The van der Waals surface area contributed by atoms with Gasteiger partial charge in [0.1, 0.15) is 0 Å². The molecule has 0 amide bonds. The van der Waals surface area contributed by atoms with E-state index in [0.29, 0.717) is 12.0 Å². The van der Waals surface area contributed by atoms with E-state index in [1.165, 1.54) is 0 Å². The third kappa shape index (κ3) is 3.79. The van der Waals surface area contributed by atoms with E-state index in [0.717, 1.165) is 6.26 Å². The van der Waals surface area contributed by atoms with Gasteiger partial charge in [0, 0.05) is 6.26 Å². The lowest BCUT2D eigenvalue weighted by Crippen LogP contribution is -2.41. The molecule has 2 unspecified atom stereocenters. The molecule has 0 spiro atoms. The Morgan fingerprint density at radius 3 is 2.44 bits per heavy atom. The molecule has 0 aromatic heterocycles. The van der Waals surface area contributed by atoms with Gasteiger partial charge in [-0.05, 0) is 19.3 Å². The van der Waals surface area contributed by atoms with Crippen LogP contribution in [0.1, 0.15) is 19.3 Å². The number of alkyl halides is 3. The van der Waals surface area contributed by atoms with Gasteiger partial charge in [0.15, 0.2) is 9.84 Å². The standard InChI is InChI=1S/C9H13F3O3S/c1-6-3-4-7(15-9(10,11)12)8(5-6)16(2,13)14/h7-8H,1,3-5H2,2H3. The fourth-order valence-electron chi connectivity index (χ4n) is 1.78. The third-order valence-corrected chi connectivity index (χ3v) is 4.09. The minimum absolute atomic E-state index is 0.0378. The molecule has 1 aliphatic carbocycles. The van der Waals surface area contributed by atoms with Gasteiger partial charge in [0.2, 0.25) is 0 Å². The highest BCUT2D eigenvalue weighted by Crippen LogP contribution is 2.33. The lowest BCUT2D eigenvalue weighted by Gasteiger charge is -2.31. The van der Waals surface area contributed by atoms with Crippen LogP contribution in [0.3, 0.4) is 0 Å². The van der Waals surface area contributed by atoms with E-state index in [9.17, 15) is 21.6 Å². The summed E-state index contributed by atoms with van der Waals surface area (Å²) in [6.45, 7) is 3.61. The lowest BCUT2D eigenvalue weighted by atomic mass is 9.93. The summed E-state index contributed by atoms with van der Waals surface area (Å²) in [6.07, 6.45) is -4.75. The first-order chi connectivity index (χ1) is 7.09. The first-order valence-corrected chi connectivity index (χ1v) is 6.65. The number of hydrogen-bond donors (Lipinski definition) is 0. The van der Waals surface area contributed by atoms with Crippen LogP contribution in [0, 0.1) is 0 Å². The monoisotopic (exact) mass is 258 g/mol. The van der Waals surface area contributed by atoms with Crippen LogP contribution in [-0.2, 0) is 14.6 Å². The van der Waals surface area contributed by atoms with Crippen LogP contribution in [-0.4, -0.2) is 32.4 Å². The zero-order valence-electron chi connectivity index (χ0n) is 8.75. The molecule has 0 aromatic carbocycles. The van der Waals surface area contributed by atoms with Gasteiger partial charge >= 0.3 is 6.36 Å². The molecule has 0 heterocycles. The van der Waals surface area contributed by atoms with Crippen molar-refractivity contribution in [3.05, 3.63) is 12.2 Å². The van der Waals surface area contributed by atoms with Crippen LogP contribution in [0.2, 0.25) is 0 Å². The molecular weight excluding hydrogens is 245 g/mol. The van der Waals surface area contributed by atoms with Gasteiger partial charge in [0.05, 0.1) is 11.4 Å². The molecule has 1 saturated carbocycles. The van der Waals surface area contributed by atoms with Crippen molar-refractivity contribution in [1.82, 2.24) is 0 Å². The summed E-state index contributed by atoms with van der Waals surface area (Å²) in [5, 5.41) is -1.14. The molecular formula is C9H13F3O3S. The molecule has 0 aliphatic heterocycles. The van der Waals surface area contributed by atoms with E-state index in [-0.39, 0.29) is 12.8 Å². The number of sulfone groups is 1. The van der Waals surface area contributed by atoms with Crippen LogP contribution >= 0.6 is 0 Å². The zero-order chi connectivity index (χ0) is 12.6. The average Bonchev–Trinajstić information content (AvgIpc) is 2.04. The molecule has 16 heavy (non-hydrogen) atoms. The SMILES string of the molecule is C=C1CCC(OC(F)(F)F)C(S(C)(=O)=O)C1. The minimum Gasteiger partial charge on any atom is -0.287 e. The predicted octanol–water partition coefficient (Wildman–Crippen LogP) is 2.04. The fraction of sp³-hybridized carbons (Fsp3) is 0.778. The van der Waals surface area contributed by atoms with Gasteiger partial charge in [0.25, 0.3) is 0 Å². The molecule has 0 aromatic rings. The van der Waals surface area contributed by atoms with Crippen molar-refractivity contribution in [2.45, 2.75) is 37.0 Å². The highest BCUT2D eigenvalue weighted by molar-refractivity contribution is 7.91. The molecule has 0 bridgehead atoms. The second-order valence-electron chi connectivity index (χ2n) is 3.96. The van der Waals surface area contributed by atoms with E-state index in [1.54, 1.807) is 0 Å². The van der Waals surface area contributed by atoms with E-state index >= 15 is 0 Å².